The molecule has 0 saturated carbocycles. The fraction of sp³-hybridized carbons (Fsp3) is 0.400. The third-order valence-electron chi connectivity index (χ3n) is 3.78. The summed E-state index contributed by atoms with van der Waals surface area (Å²) in [5, 5.41) is 19.8. The molecule has 6 nitrogen and oxygen atoms in total. The molecule has 112 valence electrons. The van der Waals surface area contributed by atoms with Crippen molar-refractivity contribution in [3.05, 3.63) is 46.0 Å². The Hall–Kier alpha value is -2.37. The molecule has 0 aliphatic heterocycles. The molecule has 0 aromatic heterocycles. The monoisotopic (exact) mass is 291 g/mol. The molecule has 2 rings (SSSR count). The van der Waals surface area contributed by atoms with Crippen molar-refractivity contribution >= 4 is 11.7 Å². The van der Waals surface area contributed by atoms with Crippen LogP contribution in [0.3, 0.4) is 0 Å². The molecular weight excluding hydrogens is 274 g/mol. The molecule has 1 N–H and O–H groups in total. The molecular formula is C15H17NO5. The molecule has 0 fully saturated rings. The minimum Gasteiger partial charge on any atom is -0.493 e. The van der Waals surface area contributed by atoms with Gasteiger partial charge in [0.2, 0.25) is 0 Å². The molecule has 0 bridgehead atoms. The number of carboxylic acid groups (broad SMARTS) is 1. The predicted octanol–water partition coefficient (Wildman–Crippen LogP) is 3.27. The van der Waals surface area contributed by atoms with Gasteiger partial charge in [0.25, 0.3) is 5.69 Å². The van der Waals surface area contributed by atoms with Gasteiger partial charge in [0.05, 0.1) is 11.5 Å². The number of nitro groups is 1. The van der Waals surface area contributed by atoms with Gasteiger partial charge < -0.3 is 9.84 Å². The van der Waals surface area contributed by atoms with Crippen molar-refractivity contribution in [1.82, 2.24) is 0 Å². The van der Waals surface area contributed by atoms with E-state index in [4.69, 9.17) is 9.84 Å². The van der Waals surface area contributed by atoms with Crippen molar-refractivity contribution in [3.63, 3.8) is 0 Å². The Kier molecular flexibility index (Phi) is 4.57. The third kappa shape index (κ3) is 3.59. The van der Waals surface area contributed by atoms with Gasteiger partial charge in [-0.15, -0.1) is 0 Å². The van der Waals surface area contributed by atoms with Crippen molar-refractivity contribution in [2.24, 2.45) is 11.8 Å². The van der Waals surface area contributed by atoms with E-state index in [9.17, 15) is 14.9 Å². The summed E-state index contributed by atoms with van der Waals surface area (Å²) >= 11 is 0. The van der Waals surface area contributed by atoms with Crippen molar-refractivity contribution < 1.29 is 19.6 Å². The summed E-state index contributed by atoms with van der Waals surface area (Å²) in [7, 11) is 0. The number of nitrogens with zero attached hydrogens (tertiary/aromatic N) is 1. The maximum Gasteiger partial charge on any atom is 0.342 e. The first-order valence-electron chi connectivity index (χ1n) is 6.78. The number of aromatic carboxylic acids is 1. The van der Waals surface area contributed by atoms with E-state index < -0.39 is 16.6 Å². The third-order valence-corrected chi connectivity index (χ3v) is 3.78. The molecule has 1 aromatic carbocycles. The lowest BCUT2D eigenvalue weighted by Gasteiger charge is -2.25. The van der Waals surface area contributed by atoms with Crippen molar-refractivity contribution in [2.75, 3.05) is 6.61 Å². The Morgan fingerprint density at radius 1 is 1.43 bits per heavy atom. The van der Waals surface area contributed by atoms with Crippen LogP contribution in [0, 0.1) is 22.0 Å². The zero-order chi connectivity index (χ0) is 15.4. The van der Waals surface area contributed by atoms with Gasteiger partial charge in [0, 0.05) is 12.1 Å². The van der Waals surface area contributed by atoms with Gasteiger partial charge in [-0.2, -0.15) is 0 Å². The van der Waals surface area contributed by atoms with Crippen LogP contribution in [-0.4, -0.2) is 22.6 Å². The van der Waals surface area contributed by atoms with Gasteiger partial charge in [0.1, 0.15) is 11.3 Å². The molecule has 1 aromatic rings. The van der Waals surface area contributed by atoms with E-state index in [-0.39, 0.29) is 5.56 Å². The van der Waals surface area contributed by atoms with Crippen LogP contribution in [-0.2, 0) is 0 Å². The van der Waals surface area contributed by atoms with Crippen LogP contribution < -0.4 is 4.74 Å². The maximum atomic E-state index is 11.1. The minimum absolute atomic E-state index is 0.347. The normalized spacial score (nSPS) is 21.0. The number of ether oxygens (including phenoxy) is 1. The quantitative estimate of drug-likeness (QED) is 0.511. The summed E-state index contributed by atoms with van der Waals surface area (Å²) in [5.41, 5.74) is -0.780. The number of rotatable bonds is 5. The lowest BCUT2D eigenvalue weighted by molar-refractivity contribution is -0.385. The second kappa shape index (κ2) is 6.39. The number of benzene rings is 1. The first-order chi connectivity index (χ1) is 9.99. The Morgan fingerprint density at radius 3 is 2.76 bits per heavy atom. The van der Waals surface area contributed by atoms with E-state index in [1.54, 1.807) is 0 Å². The average molecular weight is 291 g/mol. The SMILES string of the molecule is CC1CC=CCC1COc1ccc([N+](=O)[O-])c(C(=O)O)c1. The van der Waals surface area contributed by atoms with Crippen molar-refractivity contribution in [2.45, 2.75) is 19.8 Å². The second-order valence-corrected chi connectivity index (χ2v) is 5.23. The number of hydrogen-bond donors (Lipinski definition) is 1. The largest absolute Gasteiger partial charge is 0.493 e. The number of carboxylic acids is 1. The lowest BCUT2D eigenvalue weighted by Crippen LogP contribution is -2.21. The molecule has 1 aliphatic carbocycles. The summed E-state index contributed by atoms with van der Waals surface area (Å²) in [5.74, 6) is -0.105. The van der Waals surface area contributed by atoms with Crippen LogP contribution >= 0.6 is 0 Å². The molecule has 0 spiro atoms. The van der Waals surface area contributed by atoms with Crippen LogP contribution in [0.4, 0.5) is 5.69 Å². The molecule has 0 heterocycles. The summed E-state index contributed by atoms with van der Waals surface area (Å²) < 4.78 is 5.62. The van der Waals surface area contributed by atoms with E-state index >= 15 is 0 Å². The van der Waals surface area contributed by atoms with Crippen molar-refractivity contribution in [1.29, 1.82) is 0 Å². The molecule has 2 atom stereocenters. The molecule has 1 aliphatic rings. The van der Waals surface area contributed by atoms with Crippen LogP contribution in [0.25, 0.3) is 0 Å². The highest BCUT2D eigenvalue weighted by atomic mass is 16.6. The minimum atomic E-state index is -1.33. The van der Waals surface area contributed by atoms with Crippen LogP contribution in [0.2, 0.25) is 0 Å². The first-order valence-corrected chi connectivity index (χ1v) is 6.78. The zero-order valence-corrected chi connectivity index (χ0v) is 11.7. The van der Waals surface area contributed by atoms with E-state index in [2.05, 4.69) is 19.1 Å². The molecule has 2 unspecified atom stereocenters. The predicted molar refractivity (Wildman–Crippen MR) is 76.6 cm³/mol. The zero-order valence-electron chi connectivity index (χ0n) is 11.7. The molecule has 21 heavy (non-hydrogen) atoms. The Morgan fingerprint density at radius 2 is 2.14 bits per heavy atom. The number of carbonyl (C=O) groups is 1. The average Bonchev–Trinajstić information content (AvgIpc) is 2.46. The smallest absolute Gasteiger partial charge is 0.342 e. The summed E-state index contributed by atoms with van der Waals surface area (Å²) in [4.78, 5) is 21.1. The van der Waals surface area contributed by atoms with Crippen LogP contribution in [0.15, 0.2) is 30.4 Å². The van der Waals surface area contributed by atoms with Gasteiger partial charge in [-0.25, -0.2) is 4.79 Å². The molecule has 0 radical (unpaired) electrons. The first kappa shape index (κ1) is 15.0. The van der Waals surface area contributed by atoms with E-state index in [0.29, 0.717) is 24.2 Å². The van der Waals surface area contributed by atoms with Gasteiger partial charge in [-0.05, 0) is 30.7 Å². The Labute approximate surface area is 122 Å². The van der Waals surface area contributed by atoms with Gasteiger partial charge in [-0.3, -0.25) is 10.1 Å². The summed E-state index contributed by atoms with van der Waals surface area (Å²) in [6.07, 6.45) is 6.21. The number of allylic oxidation sites excluding steroid dienone is 2. The molecule has 0 amide bonds. The van der Waals surface area contributed by atoms with Gasteiger partial charge in [-0.1, -0.05) is 19.1 Å². The van der Waals surface area contributed by atoms with E-state index in [1.165, 1.54) is 18.2 Å². The van der Waals surface area contributed by atoms with E-state index in [1.807, 2.05) is 0 Å². The highest BCUT2D eigenvalue weighted by molar-refractivity contribution is 5.92. The van der Waals surface area contributed by atoms with E-state index in [0.717, 1.165) is 12.8 Å². The topological polar surface area (TPSA) is 89.7 Å². The lowest BCUT2D eigenvalue weighted by atomic mass is 9.85. The molecule has 0 saturated heterocycles. The highest BCUT2D eigenvalue weighted by Crippen LogP contribution is 2.28. The number of nitro benzene ring substituents is 1. The van der Waals surface area contributed by atoms with Crippen LogP contribution in [0.1, 0.15) is 30.1 Å². The Bertz CT molecular complexity index is 581. The second-order valence-electron chi connectivity index (χ2n) is 5.23. The summed E-state index contributed by atoms with van der Waals surface area (Å²) in [6, 6.07) is 3.82. The standard InChI is InChI=1S/C15H17NO5/c1-10-4-2-3-5-11(10)9-21-12-6-7-14(16(19)20)13(8-12)15(17)18/h2-3,6-8,10-11H,4-5,9H2,1H3,(H,17,18). The molecule has 6 heteroatoms. The maximum absolute atomic E-state index is 11.1. The van der Waals surface area contributed by atoms with Crippen molar-refractivity contribution in [3.8, 4) is 5.75 Å². The fourth-order valence-electron chi connectivity index (χ4n) is 2.38. The van der Waals surface area contributed by atoms with Gasteiger partial charge in [0.15, 0.2) is 0 Å². The number of hydrogen-bond acceptors (Lipinski definition) is 4. The highest BCUT2D eigenvalue weighted by Gasteiger charge is 2.22. The van der Waals surface area contributed by atoms with Gasteiger partial charge >= 0.3 is 5.97 Å². The fourth-order valence-corrected chi connectivity index (χ4v) is 2.38. The summed E-state index contributed by atoms with van der Waals surface area (Å²) in [6.45, 7) is 2.62. The Balaban J connectivity index is 2.10. The van der Waals surface area contributed by atoms with Crippen LogP contribution in [0.5, 0.6) is 5.75 Å².